The van der Waals surface area contributed by atoms with Crippen molar-refractivity contribution >= 4 is 29.2 Å². The zero-order chi connectivity index (χ0) is 10.7. The molecule has 82 valence electrons. The van der Waals surface area contributed by atoms with Crippen molar-refractivity contribution in [3.63, 3.8) is 0 Å². The molecule has 0 radical (unpaired) electrons. The van der Waals surface area contributed by atoms with Crippen molar-refractivity contribution in [3.8, 4) is 0 Å². The summed E-state index contributed by atoms with van der Waals surface area (Å²) < 4.78 is 0. The summed E-state index contributed by atoms with van der Waals surface area (Å²) in [7, 11) is 0. The second kappa shape index (κ2) is 4.99. The molecule has 3 nitrogen and oxygen atoms in total. The van der Waals surface area contributed by atoms with Gasteiger partial charge < -0.3 is 5.32 Å². The molecule has 0 aromatic carbocycles. The first-order valence-electron chi connectivity index (χ1n) is 5.09. The molecule has 1 fully saturated rings. The summed E-state index contributed by atoms with van der Waals surface area (Å²) in [6.07, 6.45) is 6.58. The monoisotopic (exact) mass is 245 g/mol. The van der Waals surface area contributed by atoms with E-state index in [0.717, 1.165) is 19.4 Å². The Balaban J connectivity index is 1.80. The zero-order valence-corrected chi connectivity index (χ0v) is 9.80. The van der Waals surface area contributed by atoms with Crippen LogP contribution in [-0.2, 0) is 0 Å². The van der Waals surface area contributed by atoms with Crippen LogP contribution in [-0.4, -0.2) is 21.9 Å². The molecule has 2 rings (SSSR count). The van der Waals surface area contributed by atoms with Crippen LogP contribution in [0.3, 0.4) is 0 Å². The molecule has 0 saturated heterocycles. The third-order valence-corrected chi connectivity index (χ3v) is 3.24. The number of hydrogen-bond acceptors (Lipinski definition) is 3. The van der Waals surface area contributed by atoms with Gasteiger partial charge in [-0.25, -0.2) is 9.97 Å². The van der Waals surface area contributed by atoms with Crippen LogP contribution in [0.5, 0.6) is 0 Å². The Labute approximate surface area is 99.2 Å². The van der Waals surface area contributed by atoms with E-state index in [0.29, 0.717) is 22.3 Å². The van der Waals surface area contributed by atoms with E-state index in [1.807, 2.05) is 0 Å². The molecule has 1 N–H and O–H groups in total. The Morgan fingerprint density at radius 2 is 2.07 bits per heavy atom. The van der Waals surface area contributed by atoms with E-state index in [4.69, 9.17) is 23.2 Å². The maximum absolute atomic E-state index is 6.03. The summed E-state index contributed by atoms with van der Waals surface area (Å²) >= 11 is 11.7. The fourth-order valence-electron chi connectivity index (χ4n) is 1.84. The Morgan fingerprint density at radius 1 is 1.33 bits per heavy atom. The van der Waals surface area contributed by atoms with Crippen LogP contribution < -0.4 is 5.32 Å². The number of alkyl halides is 1. The molecule has 2 unspecified atom stereocenters. The number of aromatic nitrogens is 2. The number of hydrogen-bond donors (Lipinski definition) is 1. The van der Waals surface area contributed by atoms with E-state index in [-0.39, 0.29) is 0 Å². The van der Waals surface area contributed by atoms with Crippen molar-refractivity contribution in [1.29, 1.82) is 0 Å². The van der Waals surface area contributed by atoms with E-state index < -0.39 is 0 Å². The Kier molecular flexibility index (Phi) is 3.65. The minimum absolute atomic E-state index is 0.350. The van der Waals surface area contributed by atoms with Gasteiger partial charge in [0.15, 0.2) is 0 Å². The molecule has 2 atom stereocenters. The maximum Gasteiger partial charge on any atom is 0.222 e. The van der Waals surface area contributed by atoms with E-state index in [2.05, 4.69) is 15.3 Å². The standard InChI is InChI=1S/C10H13Cl2N3/c11-8-2-1-7(3-8)4-13-10-14-5-9(12)6-15-10/h5-8H,1-4H2,(H,13,14,15). The van der Waals surface area contributed by atoms with E-state index in [9.17, 15) is 0 Å². The van der Waals surface area contributed by atoms with Crippen LogP contribution in [0.1, 0.15) is 19.3 Å². The summed E-state index contributed by atoms with van der Waals surface area (Å²) in [5.41, 5.74) is 0. The molecule has 15 heavy (non-hydrogen) atoms. The van der Waals surface area contributed by atoms with Gasteiger partial charge in [0.25, 0.3) is 0 Å². The molecule has 0 aliphatic heterocycles. The van der Waals surface area contributed by atoms with Crippen molar-refractivity contribution in [3.05, 3.63) is 17.4 Å². The van der Waals surface area contributed by atoms with E-state index in [1.54, 1.807) is 12.4 Å². The molecule has 0 spiro atoms. The highest BCUT2D eigenvalue weighted by molar-refractivity contribution is 6.30. The van der Waals surface area contributed by atoms with Crippen molar-refractivity contribution in [1.82, 2.24) is 9.97 Å². The third kappa shape index (κ3) is 3.21. The van der Waals surface area contributed by atoms with Crippen molar-refractivity contribution in [2.75, 3.05) is 11.9 Å². The highest BCUT2D eigenvalue weighted by Crippen LogP contribution is 2.29. The first-order chi connectivity index (χ1) is 7.24. The molecular weight excluding hydrogens is 233 g/mol. The highest BCUT2D eigenvalue weighted by atomic mass is 35.5. The summed E-state index contributed by atoms with van der Waals surface area (Å²) in [6.45, 7) is 0.894. The molecule has 1 aromatic heterocycles. The van der Waals surface area contributed by atoms with Crippen LogP contribution in [0, 0.1) is 5.92 Å². The van der Waals surface area contributed by atoms with Gasteiger partial charge in [-0.2, -0.15) is 0 Å². The number of rotatable bonds is 3. The van der Waals surface area contributed by atoms with Gasteiger partial charge in [0.1, 0.15) is 0 Å². The molecular formula is C10H13Cl2N3. The van der Waals surface area contributed by atoms with E-state index >= 15 is 0 Å². The normalized spacial score (nSPS) is 25.5. The highest BCUT2D eigenvalue weighted by Gasteiger charge is 2.22. The molecule has 1 aliphatic rings. The summed E-state index contributed by atoms with van der Waals surface area (Å²) in [6, 6.07) is 0. The molecule has 1 heterocycles. The van der Waals surface area contributed by atoms with Gasteiger partial charge in [-0.15, -0.1) is 11.6 Å². The van der Waals surface area contributed by atoms with Crippen LogP contribution in [0.15, 0.2) is 12.4 Å². The lowest BCUT2D eigenvalue weighted by molar-refractivity contribution is 0.578. The fraction of sp³-hybridized carbons (Fsp3) is 0.600. The lowest BCUT2D eigenvalue weighted by atomic mass is 10.1. The average molecular weight is 246 g/mol. The summed E-state index contributed by atoms with van der Waals surface area (Å²) in [5.74, 6) is 1.28. The number of nitrogens with one attached hydrogen (secondary N) is 1. The lowest BCUT2D eigenvalue weighted by Gasteiger charge is -2.10. The second-order valence-corrected chi connectivity index (χ2v) is 4.94. The minimum atomic E-state index is 0.350. The molecule has 1 saturated carbocycles. The van der Waals surface area contributed by atoms with Gasteiger partial charge in [0, 0.05) is 11.9 Å². The van der Waals surface area contributed by atoms with Crippen LogP contribution >= 0.6 is 23.2 Å². The third-order valence-electron chi connectivity index (χ3n) is 2.65. The molecule has 0 amide bonds. The lowest BCUT2D eigenvalue weighted by Crippen LogP contribution is -2.13. The number of nitrogens with zero attached hydrogens (tertiary/aromatic N) is 2. The molecule has 5 heteroatoms. The second-order valence-electron chi connectivity index (χ2n) is 3.88. The van der Waals surface area contributed by atoms with Gasteiger partial charge in [-0.3, -0.25) is 0 Å². The van der Waals surface area contributed by atoms with Gasteiger partial charge >= 0.3 is 0 Å². The Hall–Kier alpha value is -0.540. The van der Waals surface area contributed by atoms with Crippen LogP contribution in [0.2, 0.25) is 5.02 Å². The predicted octanol–water partition coefficient (Wildman–Crippen LogP) is 2.95. The van der Waals surface area contributed by atoms with Crippen molar-refractivity contribution in [2.45, 2.75) is 24.6 Å². The SMILES string of the molecule is Clc1cnc(NCC2CCC(Cl)C2)nc1. The Bertz CT molecular complexity index is 315. The van der Waals surface area contributed by atoms with Crippen LogP contribution in [0.25, 0.3) is 0 Å². The van der Waals surface area contributed by atoms with Crippen LogP contribution in [0.4, 0.5) is 5.95 Å². The van der Waals surface area contributed by atoms with Crippen molar-refractivity contribution in [2.24, 2.45) is 5.92 Å². The number of halogens is 2. The molecule has 0 bridgehead atoms. The summed E-state index contributed by atoms with van der Waals surface area (Å²) in [5, 5.41) is 4.10. The smallest absolute Gasteiger partial charge is 0.222 e. The topological polar surface area (TPSA) is 37.8 Å². The minimum Gasteiger partial charge on any atom is -0.354 e. The van der Waals surface area contributed by atoms with Gasteiger partial charge in [-0.1, -0.05) is 11.6 Å². The van der Waals surface area contributed by atoms with Gasteiger partial charge in [0.05, 0.1) is 17.4 Å². The number of anilines is 1. The van der Waals surface area contributed by atoms with Gasteiger partial charge in [-0.05, 0) is 25.2 Å². The molecule has 1 aromatic rings. The molecule has 1 aliphatic carbocycles. The quantitative estimate of drug-likeness (QED) is 0.833. The summed E-state index contributed by atoms with van der Waals surface area (Å²) in [4.78, 5) is 8.14. The predicted molar refractivity (Wildman–Crippen MR) is 62.5 cm³/mol. The average Bonchev–Trinajstić information content (AvgIpc) is 2.64. The van der Waals surface area contributed by atoms with Crippen molar-refractivity contribution < 1.29 is 0 Å². The van der Waals surface area contributed by atoms with E-state index in [1.165, 1.54) is 6.42 Å². The van der Waals surface area contributed by atoms with Gasteiger partial charge in [0.2, 0.25) is 5.95 Å². The first-order valence-corrected chi connectivity index (χ1v) is 5.91. The first kappa shape index (κ1) is 11.0. The largest absolute Gasteiger partial charge is 0.354 e. The Morgan fingerprint density at radius 3 is 2.67 bits per heavy atom. The maximum atomic E-state index is 6.03. The fourth-order valence-corrected chi connectivity index (χ4v) is 2.31. The zero-order valence-electron chi connectivity index (χ0n) is 8.29.